The van der Waals surface area contributed by atoms with E-state index in [2.05, 4.69) is 30.7 Å². The van der Waals surface area contributed by atoms with E-state index >= 15 is 0 Å². The van der Waals surface area contributed by atoms with Gasteiger partial charge < -0.3 is 15.2 Å². The summed E-state index contributed by atoms with van der Waals surface area (Å²) in [4.78, 5) is 26.0. The molecule has 0 fully saturated rings. The molecule has 0 saturated carbocycles. The standard InChI is InChI=1S/C21H18N6O2/c1-14-11-19(27-29-14)26-21(28)17-12-18(23-13-16-9-5-6-10-22-16)25-20(24-17)15-7-3-2-4-8-15/h2-12H,13H2,1H3,(H,23,24,25)(H,26,27,28). The van der Waals surface area contributed by atoms with Crippen molar-refractivity contribution in [1.29, 1.82) is 0 Å². The lowest BCUT2D eigenvalue weighted by atomic mass is 10.2. The largest absolute Gasteiger partial charge is 0.364 e. The molecule has 4 aromatic rings. The second kappa shape index (κ2) is 8.30. The van der Waals surface area contributed by atoms with Crippen molar-refractivity contribution in [1.82, 2.24) is 20.1 Å². The Balaban J connectivity index is 1.63. The summed E-state index contributed by atoms with van der Waals surface area (Å²) in [7, 11) is 0. The van der Waals surface area contributed by atoms with E-state index in [-0.39, 0.29) is 5.69 Å². The predicted molar refractivity (Wildman–Crippen MR) is 108 cm³/mol. The van der Waals surface area contributed by atoms with Crippen molar-refractivity contribution >= 4 is 17.5 Å². The van der Waals surface area contributed by atoms with E-state index in [1.165, 1.54) is 0 Å². The van der Waals surface area contributed by atoms with Crippen LogP contribution in [-0.4, -0.2) is 26.0 Å². The van der Waals surface area contributed by atoms with E-state index < -0.39 is 5.91 Å². The van der Waals surface area contributed by atoms with Crippen LogP contribution >= 0.6 is 0 Å². The highest BCUT2D eigenvalue weighted by Crippen LogP contribution is 2.19. The van der Waals surface area contributed by atoms with Crippen LogP contribution in [0.15, 0.2) is 71.4 Å². The van der Waals surface area contributed by atoms with E-state index in [9.17, 15) is 4.79 Å². The first kappa shape index (κ1) is 18.3. The zero-order valence-corrected chi connectivity index (χ0v) is 15.7. The molecule has 8 nitrogen and oxygen atoms in total. The maximum Gasteiger partial charge on any atom is 0.275 e. The third kappa shape index (κ3) is 4.62. The molecule has 0 saturated heterocycles. The lowest BCUT2D eigenvalue weighted by Gasteiger charge is -2.10. The number of amides is 1. The first-order valence-electron chi connectivity index (χ1n) is 9.00. The average Bonchev–Trinajstić information content (AvgIpc) is 3.18. The molecular formula is C21H18N6O2. The van der Waals surface area contributed by atoms with Crippen LogP contribution in [0.25, 0.3) is 11.4 Å². The van der Waals surface area contributed by atoms with Crippen LogP contribution in [0.5, 0.6) is 0 Å². The number of hydrogen-bond acceptors (Lipinski definition) is 7. The van der Waals surface area contributed by atoms with E-state index in [0.29, 0.717) is 29.8 Å². The summed E-state index contributed by atoms with van der Waals surface area (Å²) in [6, 6.07) is 18.4. The van der Waals surface area contributed by atoms with Crippen LogP contribution in [0.4, 0.5) is 11.6 Å². The summed E-state index contributed by atoms with van der Waals surface area (Å²) in [6.07, 6.45) is 1.73. The second-order valence-electron chi connectivity index (χ2n) is 6.28. The van der Waals surface area contributed by atoms with Crippen molar-refractivity contribution < 1.29 is 9.32 Å². The number of nitrogens with one attached hydrogen (secondary N) is 2. The normalized spacial score (nSPS) is 10.5. The molecule has 3 aromatic heterocycles. The third-order valence-electron chi connectivity index (χ3n) is 4.04. The lowest BCUT2D eigenvalue weighted by molar-refractivity contribution is 0.102. The van der Waals surface area contributed by atoms with Gasteiger partial charge in [0.1, 0.15) is 17.3 Å². The van der Waals surface area contributed by atoms with Gasteiger partial charge in [-0.3, -0.25) is 9.78 Å². The van der Waals surface area contributed by atoms with Crippen molar-refractivity contribution in [3.8, 4) is 11.4 Å². The maximum absolute atomic E-state index is 12.7. The number of carbonyl (C=O) groups excluding carboxylic acids is 1. The number of aryl methyl sites for hydroxylation is 1. The Morgan fingerprint density at radius 3 is 2.55 bits per heavy atom. The Morgan fingerprint density at radius 1 is 1.00 bits per heavy atom. The van der Waals surface area contributed by atoms with Crippen molar-refractivity contribution in [2.75, 3.05) is 10.6 Å². The van der Waals surface area contributed by atoms with E-state index in [0.717, 1.165) is 11.3 Å². The van der Waals surface area contributed by atoms with E-state index in [4.69, 9.17) is 4.52 Å². The molecule has 0 atom stereocenters. The Morgan fingerprint density at radius 2 is 1.83 bits per heavy atom. The fourth-order valence-corrected chi connectivity index (χ4v) is 2.66. The third-order valence-corrected chi connectivity index (χ3v) is 4.04. The number of nitrogens with zero attached hydrogens (tertiary/aromatic N) is 4. The number of rotatable bonds is 6. The zero-order valence-electron chi connectivity index (χ0n) is 15.7. The molecule has 0 unspecified atom stereocenters. The first-order chi connectivity index (χ1) is 14.2. The smallest absolute Gasteiger partial charge is 0.275 e. The highest BCUT2D eigenvalue weighted by Gasteiger charge is 2.15. The minimum Gasteiger partial charge on any atom is -0.364 e. The summed E-state index contributed by atoms with van der Waals surface area (Å²) in [6.45, 7) is 2.22. The summed E-state index contributed by atoms with van der Waals surface area (Å²) in [5.41, 5.74) is 1.87. The van der Waals surface area contributed by atoms with Gasteiger partial charge in [-0.2, -0.15) is 0 Å². The molecule has 0 aliphatic carbocycles. The SMILES string of the molecule is Cc1cc(NC(=O)c2cc(NCc3ccccn3)nc(-c3ccccc3)n2)no1. The van der Waals surface area contributed by atoms with Crippen LogP contribution in [0.3, 0.4) is 0 Å². The molecule has 0 aliphatic rings. The quantitative estimate of drug-likeness (QED) is 0.520. The second-order valence-corrected chi connectivity index (χ2v) is 6.28. The number of benzene rings is 1. The number of anilines is 2. The number of pyridine rings is 1. The lowest BCUT2D eigenvalue weighted by Crippen LogP contribution is -2.16. The molecule has 144 valence electrons. The molecule has 3 heterocycles. The van der Waals surface area contributed by atoms with Gasteiger partial charge >= 0.3 is 0 Å². The van der Waals surface area contributed by atoms with Crippen LogP contribution in [0.2, 0.25) is 0 Å². The molecule has 0 radical (unpaired) electrons. The fraction of sp³-hybridized carbons (Fsp3) is 0.0952. The maximum atomic E-state index is 12.7. The van der Waals surface area contributed by atoms with Crippen LogP contribution in [0, 0.1) is 6.92 Å². The van der Waals surface area contributed by atoms with Gasteiger partial charge in [0.25, 0.3) is 5.91 Å². The summed E-state index contributed by atoms with van der Waals surface area (Å²) >= 11 is 0. The first-order valence-corrected chi connectivity index (χ1v) is 9.00. The molecular weight excluding hydrogens is 368 g/mol. The summed E-state index contributed by atoms with van der Waals surface area (Å²) in [5.74, 6) is 1.49. The number of hydrogen-bond donors (Lipinski definition) is 2. The Kier molecular flexibility index (Phi) is 5.24. The highest BCUT2D eigenvalue weighted by molar-refractivity contribution is 6.03. The van der Waals surface area contributed by atoms with E-state index in [1.54, 1.807) is 25.3 Å². The van der Waals surface area contributed by atoms with Crippen molar-refractivity contribution in [2.45, 2.75) is 13.5 Å². The van der Waals surface area contributed by atoms with Gasteiger partial charge in [0.2, 0.25) is 0 Å². The van der Waals surface area contributed by atoms with Gasteiger partial charge in [-0.05, 0) is 19.1 Å². The van der Waals surface area contributed by atoms with Gasteiger partial charge in [-0.15, -0.1) is 0 Å². The zero-order chi connectivity index (χ0) is 20.1. The van der Waals surface area contributed by atoms with Crippen molar-refractivity contribution in [2.24, 2.45) is 0 Å². The van der Waals surface area contributed by atoms with Gasteiger partial charge in [0.05, 0.1) is 12.2 Å². The van der Waals surface area contributed by atoms with Gasteiger partial charge in [0, 0.05) is 23.9 Å². The molecule has 2 N–H and O–H groups in total. The summed E-state index contributed by atoms with van der Waals surface area (Å²) in [5, 5.41) is 9.68. The minimum atomic E-state index is -0.404. The minimum absolute atomic E-state index is 0.211. The van der Waals surface area contributed by atoms with Gasteiger partial charge in [-0.25, -0.2) is 9.97 Å². The Bertz CT molecular complexity index is 1110. The summed E-state index contributed by atoms with van der Waals surface area (Å²) < 4.78 is 4.99. The molecule has 29 heavy (non-hydrogen) atoms. The van der Waals surface area contributed by atoms with Gasteiger partial charge in [0.15, 0.2) is 11.6 Å². The van der Waals surface area contributed by atoms with Gasteiger partial charge in [-0.1, -0.05) is 41.6 Å². The molecule has 0 bridgehead atoms. The monoisotopic (exact) mass is 386 g/mol. The highest BCUT2D eigenvalue weighted by atomic mass is 16.5. The number of carbonyl (C=O) groups is 1. The van der Waals surface area contributed by atoms with E-state index in [1.807, 2.05) is 48.5 Å². The van der Waals surface area contributed by atoms with Crippen molar-refractivity contribution in [3.63, 3.8) is 0 Å². The molecule has 8 heteroatoms. The van der Waals surface area contributed by atoms with Crippen LogP contribution in [0.1, 0.15) is 21.9 Å². The topological polar surface area (TPSA) is 106 Å². The number of aromatic nitrogens is 4. The predicted octanol–water partition coefficient (Wildman–Crippen LogP) is 3.70. The fourth-order valence-electron chi connectivity index (χ4n) is 2.66. The van der Waals surface area contributed by atoms with Crippen LogP contribution < -0.4 is 10.6 Å². The molecule has 0 aliphatic heterocycles. The average molecular weight is 386 g/mol. The molecule has 1 amide bonds. The molecule has 4 rings (SSSR count). The molecule has 1 aromatic carbocycles. The Labute approximate surface area is 167 Å². The van der Waals surface area contributed by atoms with Crippen molar-refractivity contribution in [3.05, 3.63) is 84.0 Å². The Hall–Kier alpha value is -4.07. The van der Waals surface area contributed by atoms with Crippen LogP contribution in [-0.2, 0) is 6.54 Å². The molecule has 0 spiro atoms.